The number of anilines is 2. The summed E-state index contributed by atoms with van der Waals surface area (Å²) in [7, 11) is 3.74. The number of hydrogen-bond donors (Lipinski definition) is 2. The van der Waals surface area contributed by atoms with Gasteiger partial charge in [-0.1, -0.05) is 86.6 Å². The summed E-state index contributed by atoms with van der Waals surface area (Å²) in [6.07, 6.45) is 3.11. The fourth-order valence-corrected chi connectivity index (χ4v) is 8.35. The average molecular weight is 725 g/mol. The van der Waals surface area contributed by atoms with Crippen LogP contribution in [0.15, 0.2) is 97.1 Å². The van der Waals surface area contributed by atoms with Gasteiger partial charge in [-0.05, 0) is 86.1 Å². The maximum atomic E-state index is 13.1. The number of benzene rings is 4. The molecule has 2 N–H and O–H groups in total. The average Bonchev–Trinajstić information content (AvgIpc) is 3.38. The highest BCUT2D eigenvalue weighted by Gasteiger charge is 2.34. The van der Waals surface area contributed by atoms with Gasteiger partial charge >= 0.3 is 5.97 Å². The second-order valence-electron chi connectivity index (χ2n) is 12.5. The lowest BCUT2D eigenvalue weighted by Crippen LogP contribution is -2.36. The molecule has 51 heavy (non-hydrogen) atoms. The van der Waals surface area contributed by atoms with Crippen molar-refractivity contribution in [1.82, 2.24) is 0 Å². The zero-order valence-electron chi connectivity index (χ0n) is 30.2. The molecule has 0 bridgehead atoms. The van der Waals surface area contributed by atoms with E-state index in [9.17, 15) is 19.2 Å². The Morgan fingerprint density at radius 3 is 1.59 bits per heavy atom. The van der Waals surface area contributed by atoms with Crippen molar-refractivity contribution in [3.63, 3.8) is 0 Å². The first-order chi connectivity index (χ1) is 24.5. The van der Waals surface area contributed by atoms with Gasteiger partial charge in [0.25, 0.3) is 0 Å². The summed E-state index contributed by atoms with van der Waals surface area (Å²) in [4.78, 5) is 50.4. The minimum Gasteiger partial charge on any atom is -0.480 e. The molecule has 1 amide bonds. The fourth-order valence-electron chi connectivity index (χ4n) is 5.92. The number of carboxylic acid groups (broad SMARTS) is 1. The number of Topliss-reactive ketones (excluding diaryl/α,β-unsaturated/α-hetero) is 2. The Kier molecular flexibility index (Phi) is 14.5. The number of ketones is 2. The molecule has 2 aliphatic rings. The lowest BCUT2D eigenvalue weighted by molar-refractivity contribution is -0.136. The number of nitrogens with zero attached hydrogens (tertiary/aromatic N) is 1. The molecule has 0 saturated heterocycles. The Balaban J connectivity index is 0.000000191. The highest BCUT2D eigenvalue weighted by atomic mass is 32.2. The molecule has 7 nitrogen and oxygen atoms in total. The molecular formula is C42H48N2O5S2. The van der Waals surface area contributed by atoms with Gasteiger partial charge in [0.1, 0.15) is 5.25 Å². The van der Waals surface area contributed by atoms with Crippen LogP contribution >= 0.6 is 23.5 Å². The van der Waals surface area contributed by atoms with Crippen LogP contribution in [0.25, 0.3) is 0 Å². The van der Waals surface area contributed by atoms with Crippen LogP contribution < -0.4 is 10.2 Å². The summed E-state index contributed by atoms with van der Waals surface area (Å²) < 4.78 is 0. The van der Waals surface area contributed by atoms with Crippen molar-refractivity contribution in [3.05, 3.63) is 130 Å². The summed E-state index contributed by atoms with van der Waals surface area (Å²) in [6, 6.07) is 31.5. The van der Waals surface area contributed by atoms with E-state index in [2.05, 4.69) is 55.6 Å². The van der Waals surface area contributed by atoms with E-state index in [0.717, 1.165) is 35.2 Å². The quantitative estimate of drug-likeness (QED) is 0.204. The molecule has 2 aliphatic heterocycles. The Morgan fingerprint density at radius 2 is 1.14 bits per heavy atom. The fraction of sp³-hybridized carbons (Fsp3) is 0.333. The summed E-state index contributed by atoms with van der Waals surface area (Å²) >= 11 is 2.70. The number of aliphatic carboxylic acids is 1. The Bertz CT molecular complexity index is 1790. The minimum absolute atomic E-state index is 0.0318. The summed E-state index contributed by atoms with van der Waals surface area (Å²) in [5.74, 6) is -0.651. The van der Waals surface area contributed by atoms with Crippen LogP contribution in [-0.2, 0) is 35.3 Å². The topological polar surface area (TPSA) is 104 Å². The normalized spacial score (nSPS) is 19.3. The van der Waals surface area contributed by atoms with Crippen LogP contribution in [0.5, 0.6) is 0 Å². The molecule has 268 valence electrons. The number of fused-ring (bicyclic) bond motifs is 2. The van der Waals surface area contributed by atoms with Gasteiger partial charge in [-0.2, -0.15) is 0 Å². The number of carboxylic acids is 1. The number of carbonyl (C=O) groups is 4. The Hall–Kier alpha value is -4.34. The zero-order chi connectivity index (χ0) is 37.1. The molecule has 4 aromatic rings. The first-order valence-electron chi connectivity index (χ1n) is 17.4. The molecule has 0 saturated carbocycles. The van der Waals surface area contributed by atoms with Gasteiger partial charge in [0.15, 0.2) is 11.6 Å². The Morgan fingerprint density at radius 1 is 0.706 bits per heavy atom. The van der Waals surface area contributed by atoms with E-state index in [1.54, 1.807) is 17.9 Å². The minimum atomic E-state index is -0.846. The lowest BCUT2D eigenvalue weighted by Gasteiger charge is -2.24. The molecule has 4 atom stereocenters. The first kappa shape index (κ1) is 39.4. The van der Waals surface area contributed by atoms with Crippen molar-refractivity contribution in [2.24, 2.45) is 0 Å². The van der Waals surface area contributed by atoms with Crippen LogP contribution in [0.2, 0.25) is 0 Å². The maximum absolute atomic E-state index is 13.1. The van der Waals surface area contributed by atoms with Gasteiger partial charge < -0.3 is 15.3 Å². The molecule has 0 aliphatic carbocycles. The second kappa shape index (κ2) is 18.8. The third-order valence-corrected chi connectivity index (χ3v) is 11.8. The molecule has 4 aromatic carbocycles. The van der Waals surface area contributed by atoms with Gasteiger partial charge in [-0.15, -0.1) is 23.5 Å². The van der Waals surface area contributed by atoms with Crippen LogP contribution in [0.3, 0.4) is 0 Å². The van der Waals surface area contributed by atoms with E-state index in [4.69, 9.17) is 5.11 Å². The van der Waals surface area contributed by atoms with E-state index in [0.29, 0.717) is 18.4 Å². The number of hydrogen-bond acceptors (Lipinski definition) is 7. The summed E-state index contributed by atoms with van der Waals surface area (Å²) in [5.41, 5.74) is 7.95. The van der Waals surface area contributed by atoms with Gasteiger partial charge in [0.2, 0.25) is 5.91 Å². The van der Waals surface area contributed by atoms with Gasteiger partial charge in [0.05, 0.1) is 15.7 Å². The van der Waals surface area contributed by atoms with Crippen LogP contribution in [-0.4, -0.2) is 63.6 Å². The second-order valence-corrected chi connectivity index (χ2v) is 15.6. The van der Waals surface area contributed by atoms with E-state index in [1.807, 2.05) is 75.6 Å². The highest BCUT2D eigenvalue weighted by molar-refractivity contribution is 8.02. The molecule has 0 aromatic heterocycles. The van der Waals surface area contributed by atoms with Crippen molar-refractivity contribution in [1.29, 1.82) is 0 Å². The highest BCUT2D eigenvalue weighted by Crippen LogP contribution is 2.33. The monoisotopic (exact) mass is 724 g/mol. The van der Waals surface area contributed by atoms with E-state index >= 15 is 0 Å². The predicted molar refractivity (Wildman–Crippen MR) is 213 cm³/mol. The van der Waals surface area contributed by atoms with Crippen molar-refractivity contribution < 1.29 is 24.3 Å². The summed E-state index contributed by atoms with van der Waals surface area (Å²) in [6.45, 7) is 7.94. The number of rotatable bonds is 6. The molecule has 0 radical (unpaired) electrons. The van der Waals surface area contributed by atoms with Gasteiger partial charge in [-0.25, -0.2) is 0 Å². The number of amides is 1. The van der Waals surface area contributed by atoms with Gasteiger partial charge in [-0.3, -0.25) is 19.2 Å². The third kappa shape index (κ3) is 10.4. The number of thioether (sulfide) groups is 2. The third-order valence-electron chi connectivity index (χ3n) is 9.12. The molecule has 4 unspecified atom stereocenters. The number of aryl methyl sites for hydroxylation is 2. The maximum Gasteiger partial charge on any atom is 0.316 e. The largest absolute Gasteiger partial charge is 0.480 e. The Labute approximate surface area is 310 Å². The molecule has 2 heterocycles. The lowest BCUT2D eigenvalue weighted by atomic mass is 9.98. The van der Waals surface area contributed by atoms with Crippen LogP contribution in [0.1, 0.15) is 70.7 Å². The van der Waals surface area contributed by atoms with Crippen LogP contribution in [0.4, 0.5) is 11.4 Å². The molecule has 6 rings (SSSR count). The number of carbonyl (C=O) groups excluding carboxylic acids is 3. The molecule has 9 heteroatoms. The molecule has 0 spiro atoms. The molecule has 0 fully saturated rings. The van der Waals surface area contributed by atoms with E-state index < -0.39 is 11.2 Å². The smallest absolute Gasteiger partial charge is 0.316 e. The van der Waals surface area contributed by atoms with Crippen molar-refractivity contribution in [3.8, 4) is 0 Å². The van der Waals surface area contributed by atoms with Gasteiger partial charge in [0, 0.05) is 36.6 Å². The summed E-state index contributed by atoms with van der Waals surface area (Å²) in [5, 5.41) is 10.9. The van der Waals surface area contributed by atoms with Crippen molar-refractivity contribution in [2.45, 2.75) is 74.4 Å². The van der Waals surface area contributed by atoms with Crippen LogP contribution in [0, 0.1) is 0 Å². The zero-order valence-corrected chi connectivity index (χ0v) is 31.9. The van der Waals surface area contributed by atoms with Crippen molar-refractivity contribution in [2.75, 3.05) is 24.3 Å². The predicted octanol–water partition coefficient (Wildman–Crippen LogP) is 8.43. The standard InChI is InChI=1S/C21H23NO2S.C12H12O3S.C9H13N/c1-4-15-9-11-17(12-10-15)22(3)21(24)19-13-16-7-5-6-8-18(16)20(23)14(2)25-19;1-7-11(13)9-5-3-2-4-8(9)6-10(16-7)12(14)15;1-3-8-4-6-9(10-2)7-5-8/h5-12,14,19H,4,13H2,1-3H3;2-5,7,10H,6H2,1H3,(H,14,15);4-7,10H,3H2,1-2H3. The number of nitrogens with one attached hydrogen (secondary N) is 1. The SMILES string of the molecule is CC1SC(C(=O)O)Cc2ccccc2C1=O.CCc1ccc(N(C)C(=O)C2Cc3ccccc3C(=O)C(C)S2)cc1.CCc1ccc(NC)cc1. The van der Waals surface area contributed by atoms with Crippen molar-refractivity contribution >= 4 is 58.3 Å². The van der Waals surface area contributed by atoms with E-state index in [-0.39, 0.29) is 33.2 Å². The first-order valence-corrected chi connectivity index (χ1v) is 19.3. The molecular weight excluding hydrogens is 677 g/mol. The van der Waals surface area contributed by atoms with E-state index in [1.165, 1.54) is 40.3 Å².